The number of rotatable bonds is 4. The predicted molar refractivity (Wildman–Crippen MR) is 41.2 cm³/mol. The molecule has 2 N–H and O–H groups in total. The quantitative estimate of drug-likeness (QED) is 0.581. The van der Waals surface area contributed by atoms with E-state index >= 15 is 0 Å². The van der Waals surface area contributed by atoms with Gasteiger partial charge in [-0.1, -0.05) is 6.08 Å². The maximum Gasteiger partial charge on any atom is 0.0228 e. The van der Waals surface area contributed by atoms with Crippen molar-refractivity contribution in [2.45, 2.75) is 12.5 Å². The van der Waals surface area contributed by atoms with Crippen LogP contribution in [0.2, 0.25) is 0 Å². The van der Waals surface area contributed by atoms with Crippen LogP contribution >= 0.6 is 11.8 Å². The number of nitrogens with two attached hydrogens (primary N) is 1. The van der Waals surface area contributed by atoms with E-state index in [-0.39, 0.29) is 6.04 Å². The summed E-state index contributed by atoms with van der Waals surface area (Å²) in [5, 5.41) is 0. The Morgan fingerprint density at radius 3 is 2.88 bits per heavy atom. The lowest BCUT2D eigenvalue weighted by Gasteiger charge is -2.01. The predicted octanol–water partition coefficient (Wildman–Crippen LogP) is 1.25. The maximum atomic E-state index is 5.53. The smallest absolute Gasteiger partial charge is 0.0228 e. The molecule has 0 fully saturated rings. The number of hydrogen-bond donors (Lipinski definition) is 1. The fraction of sp³-hybridized carbons (Fsp3) is 0.667. The van der Waals surface area contributed by atoms with Crippen molar-refractivity contribution in [3.63, 3.8) is 0 Å². The standard InChI is InChI=1S/C6H13NS/c1-3-6(7)4-5-8-2/h3,6H,1,4-5,7H2,2H3. The van der Waals surface area contributed by atoms with Crippen molar-refractivity contribution in [3.05, 3.63) is 12.7 Å². The molecule has 1 unspecified atom stereocenters. The molecule has 2 heteroatoms. The largest absolute Gasteiger partial charge is 0.324 e. The van der Waals surface area contributed by atoms with Gasteiger partial charge in [-0.05, 0) is 18.4 Å². The van der Waals surface area contributed by atoms with Gasteiger partial charge in [0.15, 0.2) is 0 Å². The van der Waals surface area contributed by atoms with E-state index in [0.29, 0.717) is 0 Å². The summed E-state index contributed by atoms with van der Waals surface area (Å²) in [6.45, 7) is 3.58. The van der Waals surface area contributed by atoms with Crippen molar-refractivity contribution in [1.29, 1.82) is 0 Å². The van der Waals surface area contributed by atoms with Gasteiger partial charge < -0.3 is 5.73 Å². The van der Waals surface area contributed by atoms with Crippen LogP contribution in [0.1, 0.15) is 6.42 Å². The third-order valence-electron chi connectivity index (χ3n) is 0.958. The highest BCUT2D eigenvalue weighted by Crippen LogP contribution is 1.97. The molecular formula is C6H13NS. The molecule has 0 aromatic carbocycles. The molecule has 8 heavy (non-hydrogen) atoms. The van der Waals surface area contributed by atoms with E-state index in [1.54, 1.807) is 6.08 Å². The minimum absolute atomic E-state index is 0.197. The van der Waals surface area contributed by atoms with Crippen molar-refractivity contribution in [3.8, 4) is 0 Å². The molecule has 0 radical (unpaired) electrons. The van der Waals surface area contributed by atoms with Gasteiger partial charge in [0.25, 0.3) is 0 Å². The van der Waals surface area contributed by atoms with E-state index in [1.807, 2.05) is 11.8 Å². The minimum atomic E-state index is 0.197. The van der Waals surface area contributed by atoms with E-state index in [9.17, 15) is 0 Å². The van der Waals surface area contributed by atoms with Crippen molar-refractivity contribution in [2.24, 2.45) is 5.73 Å². The Kier molecular flexibility index (Phi) is 5.22. The topological polar surface area (TPSA) is 26.0 Å². The van der Waals surface area contributed by atoms with Crippen LogP contribution < -0.4 is 5.73 Å². The lowest BCUT2D eigenvalue weighted by molar-refractivity contribution is 0.793. The summed E-state index contributed by atoms with van der Waals surface area (Å²) in [7, 11) is 0. The SMILES string of the molecule is C=CC(N)CCSC. The van der Waals surface area contributed by atoms with Crippen molar-refractivity contribution >= 4 is 11.8 Å². The Morgan fingerprint density at radius 1 is 1.88 bits per heavy atom. The fourth-order valence-corrected chi connectivity index (χ4v) is 0.880. The molecule has 0 aliphatic carbocycles. The monoisotopic (exact) mass is 131 g/mol. The average Bonchev–Trinajstić information content (AvgIpc) is 1.83. The highest BCUT2D eigenvalue weighted by Gasteiger charge is 1.92. The molecule has 0 spiro atoms. The molecule has 0 saturated heterocycles. The van der Waals surface area contributed by atoms with E-state index < -0.39 is 0 Å². The molecule has 1 nitrogen and oxygen atoms in total. The second-order valence-electron chi connectivity index (χ2n) is 1.68. The second-order valence-corrected chi connectivity index (χ2v) is 2.67. The third-order valence-corrected chi connectivity index (χ3v) is 1.60. The number of hydrogen-bond acceptors (Lipinski definition) is 2. The van der Waals surface area contributed by atoms with Gasteiger partial charge in [-0.3, -0.25) is 0 Å². The van der Waals surface area contributed by atoms with Gasteiger partial charge >= 0.3 is 0 Å². The molecule has 0 aliphatic rings. The first-order valence-electron chi connectivity index (χ1n) is 2.68. The van der Waals surface area contributed by atoms with Crippen LogP contribution in [0.3, 0.4) is 0 Å². The van der Waals surface area contributed by atoms with Crippen molar-refractivity contribution in [1.82, 2.24) is 0 Å². The molecule has 0 aromatic heterocycles. The highest BCUT2D eigenvalue weighted by molar-refractivity contribution is 7.98. The average molecular weight is 131 g/mol. The van der Waals surface area contributed by atoms with Gasteiger partial charge in [0.1, 0.15) is 0 Å². The lowest BCUT2D eigenvalue weighted by Crippen LogP contribution is -2.16. The van der Waals surface area contributed by atoms with Crippen LogP contribution in [0.4, 0.5) is 0 Å². The summed E-state index contributed by atoms with van der Waals surface area (Å²) in [4.78, 5) is 0. The van der Waals surface area contributed by atoms with Gasteiger partial charge in [-0.15, -0.1) is 6.58 Å². The summed E-state index contributed by atoms with van der Waals surface area (Å²) in [6, 6.07) is 0.197. The Labute approximate surface area is 55.3 Å². The zero-order valence-electron chi connectivity index (χ0n) is 5.26. The van der Waals surface area contributed by atoms with Crippen LogP contribution in [-0.2, 0) is 0 Å². The molecule has 0 bridgehead atoms. The Bertz CT molecular complexity index is 63.5. The fourth-order valence-electron chi connectivity index (χ4n) is 0.372. The molecule has 0 heterocycles. The third kappa shape index (κ3) is 4.22. The van der Waals surface area contributed by atoms with Crippen molar-refractivity contribution < 1.29 is 0 Å². The van der Waals surface area contributed by atoms with E-state index in [0.717, 1.165) is 12.2 Å². The Hall–Kier alpha value is 0.0500. The summed E-state index contributed by atoms with van der Waals surface area (Å²) in [5.74, 6) is 1.13. The second kappa shape index (κ2) is 5.19. The molecule has 0 saturated carbocycles. The van der Waals surface area contributed by atoms with Crippen LogP contribution in [-0.4, -0.2) is 18.1 Å². The normalized spacial score (nSPS) is 13.2. The minimum Gasteiger partial charge on any atom is -0.324 e. The Balaban J connectivity index is 2.98. The summed E-state index contributed by atoms with van der Waals surface area (Å²) in [6.07, 6.45) is 4.91. The summed E-state index contributed by atoms with van der Waals surface area (Å²) >= 11 is 1.82. The molecule has 1 atom stereocenters. The van der Waals surface area contributed by atoms with E-state index in [1.165, 1.54) is 0 Å². The molecule has 0 aromatic rings. The van der Waals surface area contributed by atoms with Crippen LogP contribution in [0.25, 0.3) is 0 Å². The zero-order chi connectivity index (χ0) is 6.41. The summed E-state index contributed by atoms with van der Waals surface area (Å²) in [5.41, 5.74) is 5.53. The molecule has 0 rings (SSSR count). The van der Waals surface area contributed by atoms with Crippen LogP contribution in [0, 0.1) is 0 Å². The molecule has 0 aliphatic heterocycles. The first-order chi connectivity index (χ1) is 3.81. The van der Waals surface area contributed by atoms with Crippen molar-refractivity contribution in [2.75, 3.05) is 12.0 Å². The van der Waals surface area contributed by atoms with Gasteiger partial charge in [-0.2, -0.15) is 11.8 Å². The molecule has 48 valence electrons. The van der Waals surface area contributed by atoms with Gasteiger partial charge in [0.05, 0.1) is 0 Å². The van der Waals surface area contributed by atoms with Crippen LogP contribution in [0.15, 0.2) is 12.7 Å². The van der Waals surface area contributed by atoms with Gasteiger partial charge in [-0.25, -0.2) is 0 Å². The van der Waals surface area contributed by atoms with E-state index in [4.69, 9.17) is 5.73 Å². The Morgan fingerprint density at radius 2 is 2.50 bits per heavy atom. The zero-order valence-corrected chi connectivity index (χ0v) is 6.08. The van der Waals surface area contributed by atoms with Gasteiger partial charge in [0.2, 0.25) is 0 Å². The van der Waals surface area contributed by atoms with Crippen LogP contribution in [0.5, 0.6) is 0 Å². The number of thioether (sulfide) groups is 1. The molecular weight excluding hydrogens is 118 g/mol. The van der Waals surface area contributed by atoms with Gasteiger partial charge in [0, 0.05) is 6.04 Å². The lowest BCUT2D eigenvalue weighted by atomic mass is 10.2. The first-order valence-corrected chi connectivity index (χ1v) is 4.07. The molecule has 0 amide bonds. The highest BCUT2D eigenvalue weighted by atomic mass is 32.2. The summed E-state index contributed by atoms with van der Waals surface area (Å²) < 4.78 is 0. The maximum absolute atomic E-state index is 5.53. The first kappa shape index (κ1) is 8.05. The van der Waals surface area contributed by atoms with E-state index in [2.05, 4.69) is 12.8 Å².